The van der Waals surface area contributed by atoms with E-state index in [1.165, 1.54) is 0 Å². The molecule has 100 valence electrons. The molecule has 2 atom stereocenters. The Hall–Kier alpha value is -0.610. The number of hydrogen-bond acceptors (Lipinski definition) is 3. The SMILES string of the molecule is CC(C)CN(C)CCC1CCCC1(N)C(=O)O. The predicted octanol–water partition coefficient (Wildman–Crippen LogP) is 1.55. The fourth-order valence-corrected chi connectivity index (χ4v) is 2.88. The zero-order chi connectivity index (χ0) is 13.1. The van der Waals surface area contributed by atoms with E-state index >= 15 is 0 Å². The molecule has 0 bridgehead atoms. The lowest BCUT2D eigenvalue weighted by Gasteiger charge is -2.29. The van der Waals surface area contributed by atoms with Gasteiger partial charge in [-0.2, -0.15) is 0 Å². The Kier molecular flexibility index (Phi) is 4.95. The van der Waals surface area contributed by atoms with Gasteiger partial charge in [-0.3, -0.25) is 4.79 Å². The van der Waals surface area contributed by atoms with Gasteiger partial charge in [0.05, 0.1) is 0 Å². The van der Waals surface area contributed by atoms with Crippen molar-refractivity contribution in [3.05, 3.63) is 0 Å². The number of aliphatic carboxylic acids is 1. The second-order valence-corrected chi connectivity index (χ2v) is 5.88. The summed E-state index contributed by atoms with van der Waals surface area (Å²) in [6, 6.07) is 0. The van der Waals surface area contributed by atoms with E-state index in [1.54, 1.807) is 0 Å². The highest BCUT2D eigenvalue weighted by Gasteiger charge is 2.45. The van der Waals surface area contributed by atoms with Crippen LogP contribution < -0.4 is 5.73 Å². The van der Waals surface area contributed by atoms with Crippen LogP contribution in [0.5, 0.6) is 0 Å². The smallest absolute Gasteiger partial charge is 0.323 e. The average molecular weight is 242 g/mol. The van der Waals surface area contributed by atoms with Crippen LogP contribution in [0.15, 0.2) is 0 Å². The Labute approximate surface area is 104 Å². The van der Waals surface area contributed by atoms with Crippen LogP contribution >= 0.6 is 0 Å². The number of carboxylic acids is 1. The minimum absolute atomic E-state index is 0.134. The second kappa shape index (κ2) is 5.83. The van der Waals surface area contributed by atoms with Crippen molar-refractivity contribution in [2.24, 2.45) is 17.6 Å². The van der Waals surface area contributed by atoms with Gasteiger partial charge in [0.2, 0.25) is 0 Å². The highest BCUT2D eigenvalue weighted by molar-refractivity contribution is 5.79. The highest BCUT2D eigenvalue weighted by atomic mass is 16.4. The van der Waals surface area contributed by atoms with Gasteiger partial charge in [-0.15, -0.1) is 0 Å². The van der Waals surface area contributed by atoms with Gasteiger partial charge in [0.1, 0.15) is 5.54 Å². The molecule has 0 heterocycles. The first-order valence-electron chi connectivity index (χ1n) is 6.57. The fourth-order valence-electron chi connectivity index (χ4n) is 2.88. The third kappa shape index (κ3) is 3.68. The van der Waals surface area contributed by atoms with E-state index in [1.807, 2.05) is 0 Å². The number of nitrogens with zero attached hydrogens (tertiary/aromatic N) is 1. The Bertz CT molecular complexity index is 268. The number of rotatable bonds is 6. The summed E-state index contributed by atoms with van der Waals surface area (Å²) in [5.41, 5.74) is 5.04. The lowest BCUT2D eigenvalue weighted by Crippen LogP contribution is -2.51. The standard InChI is InChI=1S/C13H26N2O2/c1-10(2)9-15(3)8-6-11-5-4-7-13(11,14)12(16)17/h10-11H,4-9,14H2,1-3H3,(H,16,17). The lowest BCUT2D eigenvalue weighted by atomic mass is 9.85. The summed E-state index contributed by atoms with van der Waals surface area (Å²) >= 11 is 0. The summed E-state index contributed by atoms with van der Waals surface area (Å²) in [5.74, 6) is -0.0492. The maximum Gasteiger partial charge on any atom is 0.323 e. The Morgan fingerprint density at radius 2 is 2.24 bits per heavy atom. The molecule has 1 fully saturated rings. The topological polar surface area (TPSA) is 66.6 Å². The molecule has 0 amide bonds. The van der Waals surface area contributed by atoms with Gasteiger partial charge in [-0.25, -0.2) is 0 Å². The molecule has 0 aliphatic heterocycles. The van der Waals surface area contributed by atoms with Crippen molar-refractivity contribution in [1.82, 2.24) is 4.90 Å². The minimum atomic E-state index is -0.974. The van der Waals surface area contributed by atoms with Gasteiger partial charge in [0.15, 0.2) is 0 Å². The normalized spacial score (nSPS) is 29.2. The fraction of sp³-hybridized carbons (Fsp3) is 0.923. The van der Waals surface area contributed by atoms with Crippen LogP contribution in [0.4, 0.5) is 0 Å². The molecule has 0 spiro atoms. The molecule has 0 aromatic carbocycles. The maximum absolute atomic E-state index is 11.2. The molecule has 1 aliphatic rings. The first-order valence-corrected chi connectivity index (χ1v) is 6.57. The van der Waals surface area contributed by atoms with Crippen LogP contribution in [0.25, 0.3) is 0 Å². The number of carbonyl (C=O) groups is 1. The van der Waals surface area contributed by atoms with Crippen LogP contribution in [0.1, 0.15) is 39.5 Å². The monoisotopic (exact) mass is 242 g/mol. The van der Waals surface area contributed by atoms with E-state index in [4.69, 9.17) is 5.73 Å². The van der Waals surface area contributed by atoms with Crippen molar-refractivity contribution >= 4 is 5.97 Å². The van der Waals surface area contributed by atoms with Crippen molar-refractivity contribution in [3.63, 3.8) is 0 Å². The molecule has 1 saturated carbocycles. The van der Waals surface area contributed by atoms with E-state index < -0.39 is 11.5 Å². The van der Waals surface area contributed by atoms with Gasteiger partial charge in [0.25, 0.3) is 0 Å². The summed E-state index contributed by atoms with van der Waals surface area (Å²) in [5, 5.41) is 9.21. The number of hydrogen-bond donors (Lipinski definition) is 2. The van der Waals surface area contributed by atoms with Crippen molar-refractivity contribution in [3.8, 4) is 0 Å². The van der Waals surface area contributed by atoms with Crippen molar-refractivity contribution in [1.29, 1.82) is 0 Å². The molecular weight excluding hydrogens is 216 g/mol. The minimum Gasteiger partial charge on any atom is -0.480 e. The molecular formula is C13H26N2O2. The van der Waals surface area contributed by atoms with Gasteiger partial charge in [0, 0.05) is 6.54 Å². The summed E-state index contributed by atoms with van der Waals surface area (Å²) < 4.78 is 0. The number of nitrogens with two attached hydrogens (primary N) is 1. The van der Waals surface area contributed by atoms with E-state index in [-0.39, 0.29) is 5.92 Å². The first-order chi connectivity index (χ1) is 7.86. The van der Waals surface area contributed by atoms with Gasteiger partial charge < -0.3 is 15.7 Å². The molecule has 0 aromatic heterocycles. The van der Waals surface area contributed by atoms with Gasteiger partial charge in [-0.1, -0.05) is 20.3 Å². The first kappa shape index (κ1) is 14.5. The van der Waals surface area contributed by atoms with Crippen molar-refractivity contribution in [2.75, 3.05) is 20.1 Å². The zero-order valence-corrected chi connectivity index (χ0v) is 11.3. The van der Waals surface area contributed by atoms with Crippen molar-refractivity contribution < 1.29 is 9.90 Å². The van der Waals surface area contributed by atoms with Gasteiger partial charge in [-0.05, 0) is 44.7 Å². The average Bonchev–Trinajstić information content (AvgIpc) is 2.57. The molecule has 4 heteroatoms. The molecule has 0 aromatic rings. The van der Waals surface area contributed by atoms with Crippen LogP contribution in [-0.4, -0.2) is 41.7 Å². The molecule has 17 heavy (non-hydrogen) atoms. The molecule has 0 radical (unpaired) electrons. The molecule has 4 nitrogen and oxygen atoms in total. The summed E-state index contributed by atoms with van der Waals surface area (Å²) in [6.07, 6.45) is 3.42. The second-order valence-electron chi connectivity index (χ2n) is 5.88. The van der Waals surface area contributed by atoms with Crippen molar-refractivity contribution in [2.45, 2.75) is 45.1 Å². The Morgan fingerprint density at radius 1 is 1.59 bits per heavy atom. The lowest BCUT2D eigenvalue weighted by molar-refractivity contribution is -0.144. The zero-order valence-electron chi connectivity index (χ0n) is 11.3. The number of carboxylic acid groups (broad SMARTS) is 1. The Balaban J connectivity index is 2.43. The predicted molar refractivity (Wildman–Crippen MR) is 68.8 cm³/mol. The molecule has 0 saturated heterocycles. The van der Waals surface area contributed by atoms with Crippen LogP contribution in [0.2, 0.25) is 0 Å². The summed E-state index contributed by atoms with van der Waals surface area (Å²) in [4.78, 5) is 13.5. The molecule has 1 aliphatic carbocycles. The summed E-state index contributed by atoms with van der Waals surface area (Å²) in [7, 11) is 2.09. The molecule has 1 rings (SSSR count). The quantitative estimate of drug-likeness (QED) is 0.741. The van der Waals surface area contributed by atoms with E-state index in [2.05, 4.69) is 25.8 Å². The Morgan fingerprint density at radius 3 is 2.76 bits per heavy atom. The summed E-state index contributed by atoms with van der Waals surface area (Å²) in [6.45, 7) is 6.37. The molecule has 3 N–H and O–H groups in total. The van der Waals surface area contributed by atoms with E-state index in [0.29, 0.717) is 12.3 Å². The maximum atomic E-state index is 11.2. The molecule has 2 unspecified atom stereocenters. The van der Waals surface area contributed by atoms with Gasteiger partial charge >= 0.3 is 5.97 Å². The highest BCUT2D eigenvalue weighted by Crippen LogP contribution is 2.36. The van der Waals surface area contributed by atoms with Crippen LogP contribution in [0.3, 0.4) is 0 Å². The van der Waals surface area contributed by atoms with Crippen LogP contribution in [0, 0.1) is 11.8 Å². The third-order valence-electron chi connectivity index (χ3n) is 3.81. The van der Waals surface area contributed by atoms with E-state index in [9.17, 15) is 9.90 Å². The van der Waals surface area contributed by atoms with E-state index in [0.717, 1.165) is 32.4 Å². The third-order valence-corrected chi connectivity index (χ3v) is 3.81. The largest absolute Gasteiger partial charge is 0.480 e. The van der Waals surface area contributed by atoms with Crippen LogP contribution in [-0.2, 0) is 4.79 Å².